The second-order valence-corrected chi connectivity index (χ2v) is 11.9. The van der Waals surface area contributed by atoms with Crippen LogP contribution in [0.25, 0.3) is 0 Å². The summed E-state index contributed by atoms with van der Waals surface area (Å²) in [5.41, 5.74) is 1.51. The van der Waals surface area contributed by atoms with Crippen LogP contribution in [0.15, 0.2) is 53.0 Å². The van der Waals surface area contributed by atoms with Gasteiger partial charge in [-0.3, -0.25) is 13.9 Å². The number of carbonyl (C=O) groups is 2. The van der Waals surface area contributed by atoms with Crippen molar-refractivity contribution in [2.24, 2.45) is 0 Å². The van der Waals surface area contributed by atoms with Crippen molar-refractivity contribution in [2.45, 2.75) is 52.7 Å². The minimum absolute atomic E-state index is 0.163. The van der Waals surface area contributed by atoms with Crippen molar-refractivity contribution in [2.75, 3.05) is 17.1 Å². The minimum atomic E-state index is -3.74. The average molecular weight is 539 g/mol. The number of aryl methyl sites for hydroxylation is 1. The van der Waals surface area contributed by atoms with Gasteiger partial charge in [-0.2, -0.15) is 0 Å². The molecule has 0 spiro atoms. The fourth-order valence-corrected chi connectivity index (χ4v) is 4.45. The van der Waals surface area contributed by atoms with Gasteiger partial charge >= 0.3 is 0 Å². The van der Waals surface area contributed by atoms with Gasteiger partial charge in [-0.25, -0.2) is 8.42 Å². The first-order valence-electron chi connectivity index (χ1n) is 10.6. The second-order valence-electron chi connectivity index (χ2n) is 9.12. The van der Waals surface area contributed by atoms with Crippen molar-refractivity contribution in [3.63, 3.8) is 0 Å². The van der Waals surface area contributed by atoms with Crippen LogP contribution >= 0.6 is 15.9 Å². The van der Waals surface area contributed by atoms with Crippen LogP contribution in [0.3, 0.4) is 0 Å². The molecule has 0 heterocycles. The van der Waals surface area contributed by atoms with Crippen LogP contribution < -0.4 is 9.62 Å². The molecule has 1 unspecified atom stereocenters. The van der Waals surface area contributed by atoms with Crippen LogP contribution in [0.5, 0.6) is 0 Å². The molecular weight excluding hydrogens is 506 g/mol. The van der Waals surface area contributed by atoms with Gasteiger partial charge in [0.2, 0.25) is 21.8 Å². The van der Waals surface area contributed by atoms with Gasteiger partial charge in [-0.15, -0.1) is 0 Å². The highest BCUT2D eigenvalue weighted by molar-refractivity contribution is 9.10. The summed E-state index contributed by atoms with van der Waals surface area (Å²) in [7, 11) is -3.74. The lowest BCUT2D eigenvalue weighted by molar-refractivity contribution is -0.140. The molecule has 0 aliphatic rings. The second kappa shape index (κ2) is 10.7. The van der Waals surface area contributed by atoms with E-state index < -0.39 is 34.1 Å². The maximum absolute atomic E-state index is 13.5. The van der Waals surface area contributed by atoms with Crippen LogP contribution in [0, 0.1) is 6.92 Å². The van der Waals surface area contributed by atoms with Gasteiger partial charge < -0.3 is 10.2 Å². The van der Waals surface area contributed by atoms with Crippen molar-refractivity contribution in [3.05, 3.63) is 64.1 Å². The van der Waals surface area contributed by atoms with Gasteiger partial charge in [-0.1, -0.05) is 46.3 Å². The SMILES string of the molecule is Cc1ccccc1N(CC(=O)N(Cc1ccc(Br)cc1)C(C)C(=O)NC(C)(C)C)S(C)(=O)=O. The summed E-state index contributed by atoms with van der Waals surface area (Å²) in [4.78, 5) is 27.8. The molecule has 0 aliphatic carbocycles. The summed E-state index contributed by atoms with van der Waals surface area (Å²) < 4.78 is 27.2. The van der Waals surface area contributed by atoms with Crippen molar-refractivity contribution < 1.29 is 18.0 Å². The molecule has 1 N–H and O–H groups in total. The van der Waals surface area contributed by atoms with Crippen LogP contribution in [-0.2, 0) is 26.2 Å². The monoisotopic (exact) mass is 537 g/mol. The molecule has 0 aromatic heterocycles. The zero-order chi connectivity index (χ0) is 25.0. The number of sulfonamides is 1. The topological polar surface area (TPSA) is 86.8 Å². The maximum atomic E-state index is 13.5. The molecule has 180 valence electrons. The smallest absolute Gasteiger partial charge is 0.244 e. The van der Waals surface area contributed by atoms with Crippen LogP contribution in [-0.4, -0.2) is 49.5 Å². The Morgan fingerprint density at radius 2 is 1.64 bits per heavy atom. The van der Waals surface area contributed by atoms with Gasteiger partial charge in [-0.05, 0) is 63.9 Å². The number of amides is 2. The Kier molecular flexibility index (Phi) is 8.70. The van der Waals surface area contributed by atoms with E-state index in [0.29, 0.717) is 5.69 Å². The predicted molar refractivity (Wildman–Crippen MR) is 135 cm³/mol. The number of para-hydroxylation sites is 1. The Hall–Kier alpha value is -2.39. The van der Waals surface area contributed by atoms with Gasteiger partial charge in [0.1, 0.15) is 12.6 Å². The largest absolute Gasteiger partial charge is 0.350 e. The van der Waals surface area contributed by atoms with E-state index in [0.717, 1.165) is 26.2 Å². The molecule has 2 aromatic rings. The van der Waals surface area contributed by atoms with E-state index >= 15 is 0 Å². The highest BCUT2D eigenvalue weighted by atomic mass is 79.9. The molecular formula is C24H32BrN3O4S. The lowest BCUT2D eigenvalue weighted by atomic mass is 10.1. The summed E-state index contributed by atoms with van der Waals surface area (Å²) in [6, 6.07) is 13.6. The molecule has 33 heavy (non-hydrogen) atoms. The van der Waals surface area contributed by atoms with Gasteiger partial charge in [0.15, 0.2) is 0 Å². The minimum Gasteiger partial charge on any atom is -0.350 e. The molecule has 0 saturated heterocycles. The number of anilines is 1. The first kappa shape index (κ1) is 26.9. The van der Waals surface area contributed by atoms with Crippen LogP contribution in [0.1, 0.15) is 38.8 Å². The molecule has 0 aliphatic heterocycles. The highest BCUT2D eigenvalue weighted by Crippen LogP contribution is 2.23. The quantitative estimate of drug-likeness (QED) is 0.553. The Morgan fingerprint density at radius 1 is 1.06 bits per heavy atom. The van der Waals surface area contributed by atoms with E-state index in [9.17, 15) is 18.0 Å². The first-order valence-corrected chi connectivity index (χ1v) is 13.2. The normalized spacial score (nSPS) is 12.7. The molecule has 0 saturated carbocycles. The number of hydrogen-bond donors (Lipinski definition) is 1. The zero-order valence-electron chi connectivity index (χ0n) is 19.9. The number of nitrogens with zero attached hydrogens (tertiary/aromatic N) is 2. The third kappa shape index (κ3) is 7.85. The predicted octanol–water partition coefficient (Wildman–Crippen LogP) is 3.86. The Bertz CT molecular complexity index is 1100. The van der Waals surface area contributed by atoms with E-state index in [1.54, 1.807) is 38.1 Å². The highest BCUT2D eigenvalue weighted by Gasteiger charge is 2.31. The zero-order valence-corrected chi connectivity index (χ0v) is 22.3. The Morgan fingerprint density at radius 3 is 2.15 bits per heavy atom. The van der Waals surface area contributed by atoms with Crippen LogP contribution in [0.2, 0.25) is 0 Å². The molecule has 0 bridgehead atoms. The Labute approximate surface area is 205 Å². The molecule has 0 fully saturated rings. The Balaban J connectivity index is 2.41. The number of nitrogens with one attached hydrogen (secondary N) is 1. The lowest BCUT2D eigenvalue weighted by Crippen LogP contribution is -2.54. The van der Waals surface area contributed by atoms with Crippen molar-refractivity contribution >= 4 is 43.5 Å². The van der Waals surface area contributed by atoms with Crippen molar-refractivity contribution in [1.29, 1.82) is 0 Å². The van der Waals surface area contributed by atoms with Crippen molar-refractivity contribution in [3.8, 4) is 0 Å². The van der Waals surface area contributed by atoms with E-state index in [1.807, 2.05) is 45.0 Å². The third-order valence-corrected chi connectivity index (χ3v) is 6.65. The first-order chi connectivity index (χ1) is 15.2. The van der Waals surface area contributed by atoms with E-state index in [2.05, 4.69) is 21.2 Å². The number of halogens is 1. The molecule has 1 atom stereocenters. The molecule has 7 nitrogen and oxygen atoms in total. The van der Waals surface area contributed by atoms with Gasteiger partial charge in [0.05, 0.1) is 11.9 Å². The molecule has 0 radical (unpaired) electrons. The number of carbonyl (C=O) groups excluding carboxylic acids is 2. The van der Waals surface area contributed by atoms with E-state index in [-0.39, 0.29) is 12.5 Å². The lowest BCUT2D eigenvalue weighted by Gasteiger charge is -2.33. The molecule has 2 rings (SSSR count). The molecule has 2 aromatic carbocycles. The van der Waals surface area contributed by atoms with Crippen LogP contribution in [0.4, 0.5) is 5.69 Å². The van der Waals surface area contributed by atoms with E-state index in [4.69, 9.17) is 0 Å². The number of hydrogen-bond acceptors (Lipinski definition) is 4. The summed E-state index contributed by atoms with van der Waals surface area (Å²) in [5, 5.41) is 2.90. The summed E-state index contributed by atoms with van der Waals surface area (Å²) in [6.07, 6.45) is 1.07. The van der Waals surface area contributed by atoms with Crippen molar-refractivity contribution in [1.82, 2.24) is 10.2 Å². The maximum Gasteiger partial charge on any atom is 0.244 e. The van der Waals surface area contributed by atoms with E-state index in [1.165, 1.54) is 4.90 Å². The summed E-state index contributed by atoms with van der Waals surface area (Å²) >= 11 is 3.39. The number of rotatable bonds is 8. The third-order valence-electron chi connectivity index (χ3n) is 5.00. The molecule has 2 amide bonds. The fraction of sp³-hybridized carbons (Fsp3) is 0.417. The summed E-state index contributed by atoms with van der Waals surface area (Å²) in [5.74, 6) is -0.780. The summed E-state index contributed by atoms with van der Waals surface area (Å²) in [6.45, 7) is 8.78. The average Bonchev–Trinajstić information content (AvgIpc) is 2.69. The molecule has 9 heteroatoms. The fourth-order valence-electron chi connectivity index (χ4n) is 3.28. The van der Waals surface area contributed by atoms with Gasteiger partial charge in [0, 0.05) is 16.6 Å². The standard InChI is InChI=1S/C24H32BrN3O4S/c1-17-9-7-8-10-21(17)28(33(6,31)32)16-22(29)27(15-19-11-13-20(25)14-12-19)18(2)23(30)26-24(3,4)5/h7-14,18H,15-16H2,1-6H3,(H,26,30). The number of benzene rings is 2. The van der Waals surface area contributed by atoms with Gasteiger partial charge in [0.25, 0.3) is 0 Å².